The number of hydrogen-bond donors (Lipinski definition) is 2. The first-order valence-corrected chi connectivity index (χ1v) is 29.0. The van der Waals surface area contributed by atoms with Crippen LogP contribution in [-0.2, 0) is 0 Å². The van der Waals surface area contributed by atoms with E-state index < -0.39 is 0 Å². The lowest BCUT2D eigenvalue weighted by Crippen LogP contribution is -2.31. The summed E-state index contributed by atoms with van der Waals surface area (Å²) >= 11 is 0. The fourth-order valence-electron chi connectivity index (χ4n) is 11.8. The molecule has 74 heavy (non-hydrogen) atoms. The molecule has 0 spiro atoms. The summed E-state index contributed by atoms with van der Waals surface area (Å²) in [4.78, 5) is 6.37. The molecule has 7 heteroatoms. The number of hydrogen-bond acceptors (Lipinski definition) is 5. The Morgan fingerprint density at radius 2 is 1.00 bits per heavy atom. The van der Waals surface area contributed by atoms with E-state index in [4.69, 9.17) is 6.57 Å². The molecule has 7 nitrogen and oxygen atoms in total. The van der Waals surface area contributed by atoms with Crippen LogP contribution in [0.15, 0.2) is 108 Å². The third-order valence-electron chi connectivity index (χ3n) is 15.7. The Morgan fingerprint density at radius 3 is 1.57 bits per heavy atom. The first-order chi connectivity index (χ1) is 36.4. The molecule has 5 aromatic carbocycles. The minimum atomic E-state index is -0.312. The van der Waals surface area contributed by atoms with E-state index in [0.717, 1.165) is 122 Å². The molecule has 0 amide bonds. The monoisotopic (exact) mass is 993 g/mol. The fourth-order valence-corrected chi connectivity index (χ4v) is 11.8. The van der Waals surface area contributed by atoms with Gasteiger partial charge in [-0.25, -0.2) is 14.7 Å². The molecule has 0 radical (unpaired) electrons. The van der Waals surface area contributed by atoms with Crippen LogP contribution in [0.4, 0.5) is 5.69 Å². The highest BCUT2D eigenvalue weighted by atomic mass is 16.3. The van der Waals surface area contributed by atoms with Crippen LogP contribution in [0.3, 0.4) is 0 Å². The number of allylic oxidation sites excluding steroid dienone is 3. The van der Waals surface area contributed by atoms with Crippen LogP contribution < -0.4 is 10.0 Å². The first-order valence-electron chi connectivity index (χ1n) is 29.0. The molecule has 0 fully saturated rings. The predicted molar refractivity (Wildman–Crippen MR) is 309 cm³/mol. The number of nitriles is 1. The topological polar surface area (TPSA) is 97.9 Å². The summed E-state index contributed by atoms with van der Waals surface area (Å²) in [6.45, 7) is 21.0. The molecule has 0 saturated heterocycles. The molecule has 0 unspecified atom stereocenters. The van der Waals surface area contributed by atoms with Crippen molar-refractivity contribution in [3.8, 4) is 17.6 Å². The minimum Gasteiger partial charge on any atom is -0.872 e. The van der Waals surface area contributed by atoms with Crippen molar-refractivity contribution in [3.63, 3.8) is 0 Å². The van der Waals surface area contributed by atoms with Gasteiger partial charge in [0.2, 0.25) is 5.71 Å². The second kappa shape index (κ2) is 28.4. The summed E-state index contributed by atoms with van der Waals surface area (Å²) < 4.78 is 2.53. The molecule has 0 heterocycles. The lowest BCUT2D eigenvalue weighted by Gasteiger charge is -2.41. The maximum Gasteiger partial charge on any atom is 0.270 e. The number of rotatable bonds is 30. The Morgan fingerprint density at radius 1 is 0.527 bits per heavy atom. The third kappa shape index (κ3) is 12.6. The van der Waals surface area contributed by atoms with Crippen molar-refractivity contribution in [2.75, 3.05) is 31.1 Å². The standard InChI is InChI=1S/C67H84N4O3/c1-6-10-14-18-22-30-44-70(45-31-23-19-15-11-7-2)65-51-38-28-26-36-49(51)60(58-53(65)40-34-42-56(58)72)63-62(55(48-68)69-5)64(67(63)74)61-50-37-27-29-39-52(50)66(54-41-35-43-57(73)59(54)61)71(46-32-24-20-16-12-8-3)47-33-25-21-17-13-9-4/h26-29,34-43H,6-25,30-33,44-47H2,1-4H3,(H2-,72,73,74). The second-order valence-corrected chi connectivity index (χ2v) is 21.0. The van der Waals surface area contributed by atoms with E-state index in [1.165, 1.54) is 103 Å². The van der Waals surface area contributed by atoms with Gasteiger partial charge in [0.15, 0.2) is 0 Å². The van der Waals surface area contributed by atoms with Gasteiger partial charge in [0, 0.05) is 58.8 Å². The van der Waals surface area contributed by atoms with Crippen molar-refractivity contribution in [2.24, 2.45) is 0 Å². The number of fused-ring (bicyclic) bond motifs is 4. The summed E-state index contributed by atoms with van der Waals surface area (Å²) in [7, 11) is 0. The van der Waals surface area contributed by atoms with Crippen LogP contribution in [-0.4, -0.2) is 46.7 Å². The molecule has 2 aliphatic carbocycles. The molecular weight excluding hydrogens is 909 g/mol. The van der Waals surface area contributed by atoms with Gasteiger partial charge in [-0.2, -0.15) is 0 Å². The van der Waals surface area contributed by atoms with E-state index in [0.29, 0.717) is 22.1 Å². The van der Waals surface area contributed by atoms with Crippen molar-refractivity contribution in [3.05, 3.63) is 147 Å². The zero-order valence-corrected chi connectivity index (χ0v) is 45.5. The minimum absolute atomic E-state index is 0.0479. The van der Waals surface area contributed by atoms with E-state index in [2.05, 4.69) is 72.4 Å². The Hall–Kier alpha value is -6.31. The average molecular weight is 993 g/mol. The van der Waals surface area contributed by atoms with E-state index in [9.17, 15) is 15.5 Å². The smallest absolute Gasteiger partial charge is 0.270 e. The van der Waals surface area contributed by atoms with Gasteiger partial charge >= 0.3 is 0 Å². The van der Waals surface area contributed by atoms with Crippen LogP contribution in [0.2, 0.25) is 0 Å². The van der Waals surface area contributed by atoms with Gasteiger partial charge in [0.05, 0.1) is 29.5 Å². The molecule has 2 aliphatic rings. The molecule has 0 aliphatic heterocycles. The normalized spacial score (nSPS) is 14.7. The molecular formula is C67H84N4O3. The molecule has 0 bridgehead atoms. The molecule has 0 aromatic heterocycles. The van der Waals surface area contributed by atoms with Crippen LogP contribution >= 0.6 is 0 Å². The number of nitrogens with zero attached hydrogens (tertiary/aromatic N) is 4. The number of benzene rings is 5. The summed E-state index contributed by atoms with van der Waals surface area (Å²) in [5.74, 6) is -0.216. The van der Waals surface area contributed by atoms with Gasteiger partial charge in [-0.15, -0.1) is 0 Å². The van der Waals surface area contributed by atoms with E-state index in [1.54, 1.807) is 12.1 Å². The molecule has 390 valence electrons. The van der Waals surface area contributed by atoms with Gasteiger partial charge in [-0.05, 0) is 77.6 Å². The molecule has 0 atom stereocenters. The highest BCUT2D eigenvalue weighted by Gasteiger charge is 2.40. The van der Waals surface area contributed by atoms with Gasteiger partial charge in [-0.3, -0.25) is 0 Å². The second-order valence-electron chi connectivity index (χ2n) is 21.0. The zero-order valence-electron chi connectivity index (χ0n) is 45.5. The summed E-state index contributed by atoms with van der Waals surface area (Å²) in [5.41, 5.74) is 6.92. The summed E-state index contributed by atoms with van der Waals surface area (Å²) in [6.07, 6.45) is 28.4. The first kappa shape index (κ1) is 55.4. The Balaban J connectivity index is 1.44. The van der Waals surface area contributed by atoms with Crippen molar-refractivity contribution < 1.29 is 19.9 Å². The van der Waals surface area contributed by atoms with Crippen molar-refractivity contribution >= 4 is 44.1 Å². The summed E-state index contributed by atoms with van der Waals surface area (Å²) in [6, 6.07) is 29.9. The lowest BCUT2D eigenvalue weighted by molar-refractivity contribution is -0.528. The number of phenolic OH excluding ortho intramolecular Hbond substituents is 2. The van der Waals surface area contributed by atoms with Crippen LogP contribution in [0.1, 0.15) is 210 Å². The summed E-state index contributed by atoms with van der Waals surface area (Å²) in [5, 5.41) is 54.3. The maximum atomic E-state index is 15.8. The molecule has 0 saturated carbocycles. The number of aromatic hydroxyl groups is 2. The molecule has 5 aromatic rings. The lowest BCUT2D eigenvalue weighted by atomic mass is 9.69. The number of anilines is 1. The highest BCUT2D eigenvalue weighted by molar-refractivity contribution is 6.26. The molecule has 7 rings (SSSR count). The molecule has 2 N–H and O–H groups in total. The van der Waals surface area contributed by atoms with Crippen LogP contribution in [0.25, 0.3) is 37.5 Å². The van der Waals surface area contributed by atoms with Crippen molar-refractivity contribution in [1.82, 2.24) is 0 Å². The van der Waals surface area contributed by atoms with Crippen molar-refractivity contribution in [2.45, 2.75) is 182 Å². The average Bonchev–Trinajstić information content (AvgIpc) is 3.46. The van der Waals surface area contributed by atoms with E-state index in [1.807, 2.05) is 48.5 Å². The maximum absolute atomic E-state index is 15.8. The van der Waals surface area contributed by atoms with Gasteiger partial charge in [-0.1, -0.05) is 210 Å². The van der Waals surface area contributed by atoms with E-state index in [-0.39, 0.29) is 39.7 Å². The van der Waals surface area contributed by atoms with Crippen molar-refractivity contribution in [1.29, 1.82) is 5.26 Å². The van der Waals surface area contributed by atoms with Gasteiger partial charge in [0.1, 0.15) is 24.6 Å². The Kier molecular flexibility index (Phi) is 21.3. The highest BCUT2D eigenvalue weighted by Crippen LogP contribution is 2.57. The van der Waals surface area contributed by atoms with Gasteiger partial charge in [0.25, 0.3) is 5.70 Å². The quantitative estimate of drug-likeness (QED) is 0.0154. The van der Waals surface area contributed by atoms with Crippen LogP contribution in [0.5, 0.6) is 11.5 Å². The van der Waals surface area contributed by atoms with Gasteiger partial charge < -0.3 is 20.2 Å². The SMILES string of the molecule is [C-]#[N+]/C(C#N)=C1C(c2c3ccccc3c(N(CCCCCCCC)CCCCCCCC)c3cccc(O)c23)=C([O-])C/1=C1\c2ccccc2C(=[N+](CCCCCCCC)CCCCCCCC)c2cccc(O)c21. The van der Waals surface area contributed by atoms with E-state index >= 15 is 5.11 Å². The predicted octanol–water partition coefficient (Wildman–Crippen LogP) is 17.1. The van der Waals surface area contributed by atoms with Crippen LogP contribution in [0, 0.1) is 17.9 Å². The largest absolute Gasteiger partial charge is 0.872 e. The third-order valence-corrected chi connectivity index (χ3v) is 15.7. The number of phenols is 2. The number of unbranched alkanes of at least 4 members (excludes halogenated alkanes) is 20. The fraction of sp³-hybridized carbons (Fsp3) is 0.478. The zero-order chi connectivity index (χ0) is 52.2. The Labute approximate surface area is 444 Å². The Bertz CT molecular complexity index is 2870.